The van der Waals surface area contributed by atoms with E-state index in [4.69, 9.17) is 5.11 Å². The highest BCUT2D eigenvalue weighted by atomic mass is 16.4. The third-order valence-corrected chi connectivity index (χ3v) is 4.47. The maximum absolute atomic E-state index is 12.2. The molecule has 8 nitrogen and oxygen atoms in total. The van der Waals surface area contributed by atoms with Crippen LogP contribution in [0.25, 0.3) is 0 Å². The fourth-order valence-corrected chi connectivity index (χ4v) is 3.30. The van der Waals surface area contributed by atoms with Gasteiger partial charge in [0, 0.05) is 25.6 Å². The van der Waals surface area contributed by atoms with Gasteiger partial charge in [-0.05, 0) is 11.5 Å². The first-order valence-electron chi connectivity index (χ1n) is 8.22. The lowest BCUT2D eigenvalue weighted by atomic mass is 9.91. The third-order valence-electron chi connectivity index (χ3n) is 4.47. The number of hydrogen-bond acceptors (Lipinski definition) is 5. The second-order valence-corrected chi connectivity index (χ2v) is 6.32. The summed E-state index contributed by atoms with van der Waals surface area (Å²) >= 11 is 0. The van der Waals surface area contributed by atoms with E-state index in [2.05, 4.69) is 20.7 Å². The maximum atomic E-state index is 12.2. The minimum atomic E-state index is -0.839. The lowest BCUT2D eigenvalue weighted by Gasteiger charge is -2.15. The molecule has 1 saturated heterocycles. The Bertz CT molecular complexity index is 704. The van der Waals surface area contributed by atoms with Gasteiger partial charge in [-0.2, -0.15) is 15.4 Å². The van der Waals surface area contributed by atoms with Gasteiger partial charge in [-0.15, -0.1) is 0 Å². The first kappa shape index (κ1) is 17.1. The molecule has 25 heavy (non-hydrogen) atoms. The molecule has 1 aliphatic rings. The maximum Gasteiger partial charge on any atom is 0.303 e. The van der Waals surface area contributed by atoms with E-state index in [9.17, 15) is 9.59 Å². The van der Waals surface area contributed by atoms with Crippen molar-refractivity contribution in [3.63, 3.8) is 0 Å². The molecule has 0 bridgehead atoms. The minimum Gasteiger partial charge on any atom is -0.481 e. The molecule has 0 unspecified atom stereocenters. The van der Waals surface area contributed by atoms with E-state index < -0.39 is 5.97 Å². The van der Waals surface area contributed by atoms with Gasteiger partial charge >= 0.3 is 5.97 Å². The molecular formula is C17H21N5O3. The van der Waals surface area contributed by atoms with Crippen LogP contribution in [0.2, 0.25) is 0 Å². The highest BCUT2D eigenvalue weighted by Gasteiger charge is 2.37. The van der Waals surface area contributed by atoms with Crippen LogP contribution in [0.4, 0.5) is 0 Å². The topological polar surface area (TPSA) is 111 Å². The third kappa shape index (κ3) is 4.63. The van der Waals surface area contributed by atoms with Crippen molar-refractivity contribution in [3.8, 4) is 0 Å². The van der Waals surface area contributed by atoms with Gasteiger partial charge in [0.15, 0.2) is 0 Å². The summed E-state index contributed by atoms with van der Waals surface area (Å²) in [5.74, 6) is -1.02. The molecule has 3 rings (SSSR count). The number of H-pyrrole nitrogens is 1. The van der Waals surface area contributed by atoms with Crippen molar-refractivity contribution in [2.24, 2.45) is 5.92 Å². The van der Waals surface area contributed by atoms with Crippen molar-refractivity contribution in [3.05, 3.63) is 47.8 Å². The molecule has 0 radical (unpaired) electrons. The number of aromatic nitrogens is 3. The number of rotatable bonds is 7. The molecule has 1 fully saturated rings. The SMILES string of the molecule is O=C(O)C[C@H]1CN(CC(=O)NCc2ccccc2)C[C@H]1c1cn[nH]n1. The monoisotopic (exact) mass is 343 g/mol. The summed E-state index contributed by atoms with van der Waals surface area (Å²) in [6, 6.07) is 9.71. The molecule has 1 aliphatic heterocycles. The average Bonchev–Trinajstić information content (AvgIpc) is 3.23. The Labute approximate surface area is 145 Å². The molecule has 1 aromatic carbocycles. The summed E-state index contributed by atoms with van der Waals surface area (Å²) in [6.45, 7) is 1.89. The zero-order valence-electron chi connectivity index (χ0n) is 13.8. The van der Waals surface area contributed by atoms with Crippen molar-refractivity contribution >= 4 is 11.9 Å². The summed E-state index contributed by atoms with van der Waals surface area (Å²) in [7, 11) is 0. The smallest absolute Gasteiger partial charge is 0.303 e. The van der Waals surface area contributed by atoms with Crippen molar-refractivity contribution in [2.45, 2.75) is 18.9 Å². The van der Waals surface area contributed by atoms with Gasteiger partial charge in [-0.3, -0.25) is 14.5 Å². The van der Waals surface area contributed by atoms with E-state index in [1.807, 2.05) is 35.2 Å². The molecule has 1 aromatic heterocycles. The van der Waals surface area contributed by atoms with Crippen LogP contribution in [0.5, 0.6) is 0 Å². The van der Waals surface area contributed by atoms with Gasteiger partial charge < -0.3 is 10.4 Å². The summed E-state index contributed by atoms with van der Waals surface area (Å²) in [5, 5.41) is 22.5. The normalized spacial score (nSPS) is 20.5. The summed E-state index contributed by atoms with van der Waals surface area (Å²) in [5.41, 5.74) is 1.79. The Kier molecular flexibility index (Phi) is 5.39. The predicted molar refractivity (Wildman–Crippen MR) is 89.6 cm³/mol. The van der Waals surface area contributed by atoms with Gasteiger partial charge in [0.1, 0.15) is 0 Å². The molecule has 1 amide bonds. The van der Waals surface area contributed by atoms with Crippen LogP contribution in [0.15, 0.2) is 36.5 Å². The highest BCUT2D eigenvalue weighted by Crippen LogP contribution is 2.33. The molecule has 2 aromatic rings. The Morgan fingerprint density at radius 2 is 2.08 bits per heavy atom. The number of nitrogens with one attached hydrogen (secondary N) is 2. The van der Waals surface area contributed by atoms with Crippen LogP contribution in [0.3, 0.4) is 0 Å². The van der Waals surface area contributed by atoms with Crippen LogP contribution >= 0.6 is 0 Å². The van der Waals surface area contributed by atoms with Crippen molar-refractivity contribution < 1.29 is 14.7 Å². The number of aromatic amines is 1. The van der Waals surface area contributed by atoms with Crippen LogP contribution < -0.4 is 5.32 Å². The van der Waals surface area contributed by atoms with E-state index in [0.29, 0.717) is 19.6 Å². The molecule has 132 valence electrons. The number of carboxylic acid groups (broad SMARTS) is 1. The Hall–Kier alpha value is -2.74. The van der Waals surface area contributed by atoms with Crippen molar-refractivity contribution in [2.75, 3.05) is 19.6 Å². The van der Waals surface area contributed by atoms with Crippen LogP contribution in [0, 0.1) is 5.92 Å². The minimum absolute atomic E-state index is 0.0308. The first-order chi connectivity index (χ1) is 12.1. The molecule has 0 saturated carbocycles. The number of carbonyl (C=O) groups is 2. The predicted octanol–water partition coefficient (Wildman–Crippen LogP) is 0.611. The number of carboxylic acids is 1. The summed E-state index contributed by atoms with van der Waals surface area (Å²) in [6.07, 6.45) is 1.68. The average molecular weight is 343 g/mol. The number of nitrogens with zero attached hydrogens (tertiary/aromatic N) is 3. The van der Waals surface area contributed by atoms with Crippen molar-refractivity contribution in [1.82, 2.24) is 25.6 Å². The van der Waals surface area contributed by atoms with E-state index >= 15 is 0 Å². The lowest BCUT2D eigenvalue weighted by molar-refractivity contribution is -0.138. The number of carbonyl (C=O) groups excluding carboxylic acids is 1. The standard InChI is InChI=1S/C17H21N5O3/c23-16(18-7-12-4-2-1-3-5-12)11-22-9-13(6-17(24)25)14(10-22)15-8-19-21-20-15/h1-5,8,13-14H,6-7,9-11H2,(H,18,23)(H,24,25)(H,19,20,21)/t13-,14+/m0/s1. The van der Waals surface area contributed by atoms with E-state index in [0.717, 1.165) is 11.3 Å². The Morgan fingerprint density at radius 3 is 2.76 bits per heavy atom. The second kappa shape index (κ2) is 7.89. The van der Waals surface area contributed by atoms with Gasteiger partial charge in [0.05, 0.1) is 24.9 Å². The molecule has 0 spiro atoms. The zero-order valence-corrected chi connectivity index (χ0v) is 13.8. The quantitative estimate of drug-likeness (QED) is 0.679. The second-order valence-electron chi connectivity index (χ2n) is 6.32. The van der Waals surface area contributed by atoms with E-state index in [-0.39, 0.29) is 30.7 Å². The zero-order chi connectivity index (χ0) is 17.6. The summed E-state index contributed by atoms with van der Waals surface area (Å²) < 4.78 is 0. The van der Waals surface area contributed by atoms with Crippen LogP contribution in [-0.2, 0) is 16.1 Å². The van der Waals surface area contributed by atoms with Crippen LogP contribution in [-0.4, -0.2) is 56.9 Å². The van der Waals surface area contributed by atoms with Crippen LogP contribution in [0.1, 0.15) is 23.6 Å². The molecule has 2 atom stereocenters. The highest BCUT2D eigenvalue weighted by molar-refractivity contribution is 5.78. The number of hydrogen-bond donors (Lipinski definition) is 3. The van der Waals surface area contributed by atoms with Gasteiger partial charge in [-0.25, -0.2) is 0 Å². The molecule has 2 heterocycles. The van der Waals surface area contributed by atoms with Crippen molar-refractivity contribution in [1.29, 1.82) is 0 Å². The van der Waals surface area contributed by atoms with Gasteiger partial charge in [-0.1, -0.05) is 30.3 Å². The molecule has 8 heteroatoms. The summed E-state index contributed by atoms with van der Waals surface area (Å²) in [4.78, 5) is 25.3. The number of benzene rings is 1. The lowest BCUT2D eigenvalue weighted by Crippen LogP contribution is -2.36. The number of likely N-dealkylation sites (tertiary alicyclic amines) is 1. The Morgan fingerprint density at radius 1 is 1.28 bits per heavy atom. The number of amides is 1. The molecular weight excluding hydrogens is 322 g/mol. The molecule has 0 aliphatic carbocycles. The first-order valence-corrected chi connectivity index (χ1v) is 8.22. The largest absolute Gasteiger partial charge is 0.481 e. The Balaban J connectivity index is 1.55. The number of aliphatic carboxylic acids is 1. The fraction of sp³-hybridized carbons (Fsp3) is 0.412. The van der Waals surface area contributed by atoms with Gasteiger partial charge in [0.25, 0.3) is 0 Å². The van der Waals surface area contributed by atoms with E-state index in [1.165, 1.54) is 0 Å². The van der Waals surface area contributed by atoms with E-state index in [1.54, 1.807) is 6.20 Å². The molecule has 3 N–H and O–H groups in total. The fourth-order valence-electron chi connectivity index (χ4n) is 3.30. The van der Waals surface area contributed by atoms with Gasteiger partial charge in [0.2, 0.25) is 5.91 Å².